The lowest BCUT2D eigenvalue weighted by molar-refractivity contribution is -0.142. The van der Waals surface area contributed by atoms with Gasteiger partial charge in [-0.15, -0.1) is 0 Å². The van der Waals surface area contributed by atoms with Gasteiger partial charge in [-0.05, 0) is 73.4 Å². The third-order valence-corrected chi connectivity index (χ3v) is 7.45. The van der Waals surface area contributed by atoms with Gasteiger partial charge in [-0.1, -0.05) is 29.8 Å². The van der Waals surface area contributed by atoms with Crippen LogP contribution in [0.1, 0.15) is 12.0 Å². The molecule has 6 atom stereocenters. The number of benzene rings is 2. The van der Waals surface area contributed by atoms with Gasteiger partial charge in [0.15, 0.2) is 0 Å². The molecule has 6 heteroatoms. The summed E-state index contributed by atoms with van der Waals surface area (Å²) in [5.41, 5.74) is 1.75. The monoisotopic (exact) mass is 428 g/mol. The van der Waals surface area contributed by atoms with Crippen molar-refractivity contribution in [1.29, 1.82) is 0 Å². The average Bonchev–Trinajstić information content (AvgIpc) is 3.58. The molecule has 2 aromatic carbocycles. The minimum absolute atomic E-state index is 0.167. The maximum absolute atomic E-state index is 13.0. The number of amides is 3. The maximum atomic E-state index is 13.0. The standard InChI is InChI=1S/C26H24N2O4/c1-14-2-6-16(7-3-14)32-17-8-4-15(5-9-17)27-22(29)13-28-25(30)23-18-10-11-19(21-12-20(18)21)24(23)26(28)31/h2-11,18-21,23-24H,12-13H2,1H3,(H,27,29)/t18-,19-,20-,21+,23+,24+/m1/s1. The summed E-state index contributed by atoms with van der Waals surface area (Å²) in [6.45, 7) is 1.78. The Morgan fingerprint density at radius 3 is 2.00 bits per heavy atom. The number of aryl methyl sites for hydroxylation is 1. The van der Waals surface area contributed by atoms with Gasteiger partial charge in [-0.2, -0.15) is 0 Å². The molecular formula is C26H24N2O4. The molecule has 0 aromatic heterocycles. The van der Waals surface area contributed by atoms with Gasteiger partial charge in [-0.25, -0.2) is 0 Å². The number of ether oxygens (including phenoxy) is 1. The van der Waals surface area contributed by atoms with E-state index < -0.39 is 0 Å². The van der Waals surface area contributed by atoms with E-state index in [9.17, 15) is 14.4 Å². The van der Waals surface area contributed by atoms with Gasteiger partial charge < -0.3 is 10.1 Å². The Balaban J connectivity index is 1.09. The first kappa shape index (κ1) is 19.3. The fourth-order valence-corrected chi connectivity index (χ4v) is 5.87. The quantitative estimate of drug-likeness (QED) is 0.581. The number of nitrogens with zero attached hydrogens (tertiary/aromatic N) is 1. The zero-order valence-corrected chi connectivity index (χ0v) is 17.7. The van der Waals surface area contributed by atoms with Gasteiger partial charge in [-0.3, -0.25) is 19.3 Å². The molecule has 2 aromatic rings. The summed E-state index contributed by atoms with van der Waals surface area (Å²) in [4.78, 5) is 39.8. The van der Waals surface area contributed by atoms with E-state index in [-0.39, 0.29) is 47.9 Å². The molecule has 4 aliphatic carbocycles. The third-order valence-electron chi connectivity index (χ3n) is 7.45. The second-order valence-corrected chi connectivity index (χ2v) is 9.40. The van der Waals surface area contributed by atoms with E-state index in [0.717, 1.165) is 17.7 Å². The highest BCUT2D eigenvalue weighted by molar-refractivity contribution is 6.09. The van der Waals surface area contributed by atoms with Crippen LogP contribution >= 0.6 is 0 Å². The van der Waals surface area contributed by atoms with E-state index in [1.807, 2.05) is 31.2 Å². The van der Waals surface area contributed by atoms with Gasteiger partial charge in [0, 0.05) is 5.69 Å². The van der Waals surface area contributed by atoms with Crippen LogP contribution in [0.5, 0.6) is 11.5 Å². The summed E-state index contributed by atoms with van der Waals surface area (Å²) in [6, 6.07) is 14.8. The van der Waals surface area contributed by atoms with E-state index in [4.69, 9.17) is 4.74 Å². The van der Waals surface area contributed by atoms with Crippen LogP contribution in [0, 0.1) is 42.4 Å². The van der Waals surface area contributed by atoms with Crippen molar-refractivity contribution in [2.45, 2.75) is 13.3 Å². The molecule has 1 heterocycles. The van der Waals surface area contributed by atoms with Crippen LogP contribution in [0.15, 0.2) is 60.7 Å². The highest BCUT2D eigenvalue weighted by atomic mass is 16.5. The van der Waals surface area contributed by atoms with E-state index in [0.29, 0.717) is 23.3 Å². The topological polar surface area (TPSA) is 75.7 Å². The number of imide groups is 1. The molecule has 5 aliphatic rings. The van der Waals surface area contributed by atoms with Gasteiger partial charge in [0.2, 0.25) is 17.7 Å². The first-order valence-corrected chi connectivity index (χ1v) is 11.2. The van der Waals surface area contributed by atoms with E-state index in [1.165, 1.54) is 4.90 Å². The van der Waals surface area contributed by atoms with E-state index in [2.05, 4.69) is 17.5 Å². The molecule has 0 spiro atoms. The van der Waals surface area contributed by atoms with Crippen molar-refractivity contribution < 1.29 is 19.1 Å². The number of carbonyl (C=O) groups is 3. The van der Waals surface area contributed by atoms with Crippen molar-refractivity contribution in [3.8, 4) is 11.5 Å². The zero-order valence-electron chi connectivity index (χ0n) is 17.7. The van der Waals surface area contributed by atoms with Crippen molar-refractivity contribution in [2.75, 3.05) is 11.9 Å². The Hall–Kier alpha value is -3.41. The van der Waals surface area contributed by atoms with Crippen molar-refractivity contribution in [3.05, 3.63) is 66.2 Å². The maximum Gasteiger partial charge on any atom is 0.244 e. The fraction of sp³-hybridized carbons (Fsp3) is 0.346. The minimum atomic E-state index is -0.372. The molecule has 0 unspecified atom stereocenters. The second-order valence-electron chi connectivity index (χ2n) is 9.40. The molecule has 3 fully saturated rings. The number of hydrogen-bond acceptors (Lipinski definition) is 4. The van der Waals surface area contributed by atoms with Crippen LogP contribution in [0.3, 0.4) is 0 Å². The molecule has 1 saturated heterocycles. The molecule has 6 nitrogen and oxygen atoms in total. The summed E-state index contributed by atoms with van der Waals surface area (Å²) in [5, 5.41) is 2.79. The molecule has 1 aliphatic heterocycles. The highest BCUT2D eigenvalue weighted by Gasteiger charge is 2.67. The molecule has 32 heavy (non-hydrogen) atoms. The molecule has 2 bridgehead atoms. The van der Waals surface area contributed by atoms with Gasteiger partial charge in [0.25, 0.3) is 0 Å². The van der Waals surface area contributed by atoms with Crippen LogP contribution in [-0.4, -0.2) is 29.2 Å². The largest absolute Gasteiger partial charge is 0.457 e. The number of rotatable bonds is 5. The molecule has 3 amide bonds. The number of hydrogen-bond donors (Lipinski definition) is 1. The van der Waals surface area contributed by atoms with E-state index in [1.54, 1.807) is 24.3 Å². The van der Waals surface area contributed by atoms with Crippen molar-refractivity contribution in [2.24, 2.45) is 35.5 Å². The number of nitrogens with one attached hydrogen (secondary N) is 1. The van der Waals surface area contributed by atoms with Crippen LogP contribution in [0.25, 0.3) is 0 Å². The Labute approximate surface area is 186 Å². The van der Waals surface area contributed by atoms with E-state index >= 15 is 0 Å². The summed E-state index contributed by atoms with van der Waals surface area (Å²) >= 11 is 0. The summed E-state index contributed by atoms with van der Waals surface area (Å²) < 4.78 is 5.81. The summed E-state index contributed by atoms with van der Waals surface area (Å²) in [5.74, 6) is 1.56. The Morgan fingerprint density at radius 1 is 0.906 bits per heavy atom. The van der Waals surface area contributed by atoms with Crippen LogP contribution < -0.4 is 10.1 Å². The molecule has 162 valence electrons. The van der Waals surface area contributed by atoms with Crippen LogP contribution in [0.4, 0.5) is 5.69 Å². The number of carbonyl (C=O) groups excluding carboxylic acids is 3. The minimum Gasteiger partial charge on any atom is -0.457 e. The average molecular weight is 428 g/mol. The Kier molecular flexibility index (Phi) is 4.25. The smallest absolute Gasteiger partial charge is 0.244 e. The van der Waals surface area contributed by atoms with Crippen molar-refractivity contribution >= 4 is 23.4 Å². The van der Waals surface area contributed by atoms with Gasteiger partial charge in [0.1, 0.15) is 18.0 Å². The number of anilines is 1. The predicted molar refractivity (Wildman–Crippen MR) is 118 cm³/mol. The normalized spacial score (nSPS) is 31.3. The lowest BCUT2D eigenvalue weighted by atomic mass is 9.63. The third kappa shape index (κ3) is 3.05. The number of allylic oxidation sites excluding steroid dienone is 2. The molecule has 0 radical (unpaired) electrons. The lowest BCUT2D eigenvalue weighted by Crippen LogP contribution is -2.40. The fourth-order valence-electron chi connectivity index (χ4n) is 5.87. The zero-order chi connectivity index (χ0) is 22.0. The van der Waals surface area contributed by atoms with Gasteiger partial charge >= 0.3 is 0 Å². The second kappa shape index (κ2) is 7.05. The lowest BCUT2D eigenvalue weighted by Gasteiger charge is -2.37. The van der Waals surface area contributed by atoms with Crippen LogP contribution in [0.2, 0.25) is 0 Å². The summed E-state index contributed by atoms with van der Waals surface area (Å²) in [6.07, 6.45) is 5.39. The first-order valence-electron chi connectivity index (χ1n) is 11.2. The predicted octanol–water partition coefficient (Wildman–Crippen LogP) is 3.78. The summed E-state index contributed by atoms with van der Waals surface area (Å²) in [7, 11) is 0. The Morgan fingerprint density at radius 2 is 1.44 bits per heavy atom. The van der Waals surface area contributed by atoms with Crippen LogP contribution in [-0.2, 0) is 14.4 Å². The number of likely N-dealkylation sites (tertiary alicyclic amines) is 1. The first-order chi connectivity index (χ1) is 15.5. The van der Waals surface area contributed by atoms with Crippen molar-refractivity contribution in [1.82, 2.24) is 4.90 Å². The van der Waals surface area contributed by atoms with Gasteiger partial charge in [0.05, 0.1) is 11.8 Å². The molecule has 1 N–H and O–H groups in total. The highest BCUT2D eigenvalue weighted by Crippen LogP contribution is 2.65. The molecule has 7 rings (SSSR count). The molecule has 2 saturated carbocycles. The SMILES string of the molecule is Cc1ccc(Oc2ccc(NC(=O)CN3C(=O)[C@H]4[C@@H]5C=C[C@H]([C@@H]6C[C@H]56)[C@@H]4C3=O)cc2)cc1. The van der Waals surface area contributed by atoms with Crippen molar-refractivity contribution in [3.63, 3.8) is 0 Å². The Bertz CT molecular complexity index is 1100. The molecular weight excluding hydrogens is 404 g/mol.